The van der Waals surface area contributed by atoms with Crippen LogP contribution in [-0.2, 0) is 4.79 Å². The lowest BCUT2D eigenvalue weighted by atomic mass is 10.1. The Morgan fingerprint density at radius 2 is 1.68 bits per heavy atom. The van der Waals surface area contributed by atoms with E-state index in [4.69, 9.17) is 5.73 Å². The van der Waals surface area contributed by atoms with Crippen molar-refractivity contribution >= 4 is 30.7 Å². The van der Waals surface area contributed by atoms with Gasteiger partial charge in [0.25, 0.3) is 0 Å². The molecule has 1 amide bonds. The first-order valence-electron chi connectivity index (χ1n) is 6.80. The minimum absolute atomic E-state index is 0. The van der Waals surface area contributed by atoms with Crippen LogP contribution in [0.3, 0.4) is 0 Å². The molecule has 0 aromatic heterocycles. The minimum Gasteiger partial charge on any atom is -0.354 e. The molecular formula is C13H29Cl2N3O. The first kappa shape index (κ1) is 21.3. The van der Waals surface area contributed by atoms with Gasteiger partial charge < -0.3 is 16.0 Å². The molecule has 0 aliphatic carbocycles. The normalized spacial score (nSPS) is 16.8. The Morgan fingerprint density at radius 3 is 2.16 bits per heavy atom. The molecule has 0 unspecified atom stereocenters. The second-order valence-corrected chi connectivity index (χ2v) is 5.59. The van der Waals surface area contributed by atoms with Gasteiger partial charge in [-0.05, 0) is 52.7 Å². The van der Waals surface area contributed by atoms with E-state index in [0.29, 0.717) is 0 Å². The molecule has 1 fully saturated rings. The molecule has 0 atom stereocenters. The van der Waals surface area contributed by atoms with E-state index in [2.05, 4.69) is 10.2 Å². The standard InChI is InChI=1S/C13H27N3O.2ClH/c1-13(2,14)12(17)15-8-7-11-16-9-5-3-4-6-10-16;;/h3-11,14H2,1-2H3,(H,15,17);2*1H. The van der Waals surface area contributed by atoms with Gasteiger partial charge in [-0.15, -0.1) is 24.8 Å². The van der Waals surface area contributed by atoms with Crippen molar-refractivity contribution in [2.24, 2.45) is 5.73 Å². The first-order valence-corrected chi connectivity index (χ1v) is 6.80. The van der Waals surface area contributed by atoms with E-state index >= 15 is 0 Å². The fourth-order valence-electron chi connectivity index (χ4n) is 2.09. The van der Waals surface area contributed by atoms with E-state index in [-0.39, 0.29) is 30.7 Å². The number of hydrogen-bond donors (Lipinski definition) is 2. The zero-order valence-electron chi connectivity index (χ0n) is 12.1. The molecule has 1 heterocycles. The molecule has 0 bridgehead atoms. The minimum atomic E-state index is -0.761. The van der Waals surface area contributed by atoms with Crippen molar-refractivity contribution in [3.05, 3.63) is 0 Å². The van der Waals surface area contributed by atoms with Crippen LogP contribution >= 0.6 is 24.8 Å². The summed E-state index contributed by atoms with van der Waals surface area (Å²) in [5.41, 5.74) is 4.94. The fourth-order valence-corrected chi connectivity index (χ4v) is 2.09. The summed E-state index contributed by atoms with van der Waals surface area (Å²) < 4.78 is 0. The zero-order valence-corrected chi connectivity index (χ0v) is 13.7. The Morgan fingerprint density at radius 1 is 1.16 bits per heavy atom. The lowest BCUT2D eigenvalue weighted by Gasteiger charge is -2.21. The highest BCUT2D eigenvalue weighted by Crippen LogP contribution is 2.09. The maximum atomic E-state index is 11.5. The molecular weight excluding hydrogens is 285 g/mol. The van der Waals surface area contributed by atoms with Gasteiger partial charge in [-0.3, -0.25) is 4.79 Å². The van der Waals surface area contributed by atoms with Crippen LogP contribution in [-0.4, -0.2) is 42.5 Å². The summed E-state index contributed by atoms with van der Waals surface area (Å²) in [6.07, 6.45) is 6.40. The summed E-state index contributed by atoms with van der Waals surface area (Å²) in [5.74, 6) is -0.0617. The van der Waals surface area contributed by atoms with E-state index in [9.17, 15) is 4.79 Å². The average Bonchev–Trinajstić information content (AvgIpc) is 2.51. The number of nitrogens with two attached hydrogens (primary N) is 1. The third-order valence-corrected chi connectivity index (χ3v) is 3.22. The molecule has 0 radical (unpaired) electrons. The van der Waals surface area contributed by atoms with Crippen LogP contribution in [0.25, 0.3) is 0 Å². The maximum absolute atomic E-state index is 11.5. The molecule has 3 N–H and O–H groups in total. The van der Waals surface area contributed by atoms with Crippen molar-refractivity contribution in [3.63, 3.8) is 0 Å². The second-order valence-electron chi connectivity index (χ2n) is 5.59. The monoisotopic (exact) mass is 313 g/mol. The Bertz CT molecular complexity index is 237. The predicted molar refractivity (Wildman–Crippen MR) is 85.3 cm³/mol. The van der Waals surface area contributed by atoms with E-state index < -0.39 is 5.54 Å². The molecule has 0 aromatic carbocycles. The quantitative estimate of drug-likeness (QED) is 0.763. The molecule has 1 aliphatic rings. The molecule has 0 saturated carbocycles. The average molecular weight is 314 g/mol. The van der Waals surface area contributed by atoms with Gasteiger partial charge in [0.2, 0.25) is 5.91 Å². The number of hydrogen-bond acceptors (Lipinski definition) is 3. The number of halogens is 2. The van der Waals surface area contributed by atoms with Gasteiger partial charge in [-0.25, -0.2) is 0 Å². The SMILES string of the molecule is CC(C)(N)C(=O)NCCCN1CCCCCC1.Cl.Cl. The van der Waals surface area contributed by atoms with Crippen LogP contribution in [0.5, 0.6) is 0 Å². The molecule has 1 aliphatic heterocycles. The van der Waals surface area contributed by atoms with E-state index in [1.165, 1.54) is 38.8 Å². The summed E-state index contributed by atoms with van der Waals surface area (Å²) in [6.45, 7) is 7.72. The van der Waals surface area contributed by atoms with Gasteiger partial charge in [0, 0.05) is 6.54 Å². The van der Waals surface area contributed by atoms with Gasteiger partial charge in [-0.2, -0.15) is 0 Å². The summed E-state index contributed by atoms with van der Waals surface area (Å²) in [5, 5.41) is 2.89. The van der Waals surface area contributed by atoms with Crippen molar-refractivity contribution in [1.82, 2.24) is 10.2 Å². The van der Waals surface area contributed by atoms with Gasteiger partial charge in [-0.1, -0.05) is 12.8 Å². The van der Waals surface area contributed by atoms with Crippen LogP contribution in [0.1, 0.15) is 46.0 Å². The van der Waals surface area contributed by atoms with Crippen molar-refractivity contribution in [3.8, 4) is 0 Å². The third-order valence-electron chi connectivity index (χ3n) is 3.22. The highest BCUT2D eigenvalue weighted by Gasteiger charge is 2.20. The van der Waals surface area contributed by atoms with Crippen LogP contribution in [0, 0.1) is 0 Å². The van der Waals surface area contributed by atoms with Gasteiger partial charge in [0.15, 0.2) is 0 Å². The summed E-state index contributed by atoms with van der Waals surface area (Å²) in [7, 11) is 0. The summed E-state index contributed by atoms with van der Waals surface area (Å²) in [4.78, 5) is 14.0. The van der Waals surface area contributed by atoms with E-state index in [1.54, 1.807) is 13.8 Å². The Hall–Kier alpha value is -0.0300. The molecule has 4 nitrogen and oxygen atoms in total. The van der Waals surface area contributed by atoms with Gasteiger partial charge in [0.05, 0.1) is 5.54 Å². The Kier molecular flexibility index (Phi) is 12.0. The number of carbonyl (C=O) groups excluding carboxylic acids is 1. The zero-order chi connectivity index (χ0) is 12.7. The number of nitrogens with zero attached hydrogens (tertiary/aromatic N) is 1. The van der Waals surface area contributed by atoms with E-state index in [0.717, 1.165) is 19.5 Å². The van der Waals surface area contributed by atoms with Gasteiger partial charge >= 0.3 is 0 Å². The van der Waals surface area contributed by atoms with Crippen LogP contribution in [0.2, 0.25) is 0 Å². The maximum Gasteiger partial charge on any atom is 0.239 e. The third kappa shape index (κ3) is 9.50. The first-order chi connectivity index (χ1) is 8.00. The van der Waals surface area contributed by atoms with Crippen LogP contribution in [0.15, 0.2) is 0 Å². The van der Waals surface area contributed by atoms with Crippen molar-refractivity contribution in [1.29, 1.82) is 0 Å². The highest BCUT2D eigenvalue weighted by molar-refractivity contribution is 5.85. The van der Waals surface area contributed by atoms with Gasteiger partial charge in [0.1, 0.15) is 0 Å². The summed E-state index contributed by atoms with van der Waals surface area (Å²) in [6, 6.07) is 0. The largest absolute Gasteiger partial charge is 0.354 e. The summed E-state index contributed by atoms with van der Waals surface area (Å²) >= 11 is 0. The van der Waals surface area contributed by atoms with Crippen LogP contribution in [0.4, 0.5) is 0 Å². The van der Waals surface area contributed by atoms with Crippen molar-refractivity contribution < 1.29 is 4.79 Å². The fraction of sp³-hybridized carbons (Fsp3) is 0.923. The van der Waals surface area contributed by atoms with Crippen LogP contribution < -0.4 is 11.1 Å². The Balaban J connectivity index is 0. The molecule has 6 heteroatoms. The number of nitrogens with one attached hydrogen (secondary N) is 1. The van der Waals surface area contributed by atoms with Crippen molar-refractivity contribution in [2.75, 3.05) is 26.2 Å². The number of carbonyl (C=O) groups is 1. The van der Waals surface area contributed by atoms with Crippen molar-refractivity contribution in [2.45, 2.75) is 51.5 Å². The lowest BCUT2D eigenvalue weighted by Crippen LogP contribution is -2.49. The molecule has 1 rings (SSSR count). The number of rotatable bonds is 5. The molecule has 116 valence electrons. The number of amides is 1. The smallest absolute Gasteiger partial charge is 0.239 e. The molecule has 19 heavy (non-hydrogen) atoms. The lowest BCUT2D eigenvalue weighted by molar-refractivity contribution is -0.125. The molecule has 0 aromatic rings. The van der Waals surface area contributed by atoms with E-state index in [1.807, 2.05) is 0 Å². The molecule has 0 spiro atoms. The predicted octanol–water partition coefficient (Wildman–Crippen LogP) is 1.95. The second kappa shape index (κ2) is 10.7. The highest BCUT2D eigenvalue weighted by atomic mass is 35.5. The number of likely N-dealkylation sites (tertiary alicyclic amines) is 1. The molecule has 1 saturated heterocycles. The topological polar surface area (TPSA) is 58.4 Å². The Labute approximate surface area is 129 Å².